The quantitative estimate of drug-likeness (QED) is 0.286. The van der Waals surface area contributed by atoms with Crippen molar-refractivity contribution in [3.63, 3.8) is 0 Å². The van der Waals surface area contributed by atoms with Gasteiger partial charge >= 0.3 is 0 Å². The molecule has 3 aromatic rings. The minimum atomic E-state index is 0.0147. The van der Waals surface area contributed by atoms with Gasteiger partial charge in [0.25, 0.3) is 0 Å². The first kappa shape index (κ1) is 21.1. The zero-order chi connectivity index (χ0) is 21.6. The third kappa shape index (κ3) is 5.51. The first-order valence-electron chi connectivity index (χ1n) is 10.4. The van der Waals surface area contributed by atoms with Crippen LogP contribution in [0, 0.1) is 0 Å². The molecule has 1 aromatic heterocycles. The number of anilines is 2. The number of hydrogen-bond donors (Lipinski definition) is 3. The van der Waals surface area contributed by atoms with Gasteiger partial charge in [-0.2, -0.15) is 0 Å². The van der Waals surface area contributed by atoms with E-state index in [9.17, 15) is 4.79 Å². The smallest absolute Gasteiger partial charge is 0.225 e. The predicted molar refractivity (Wildman–Crippen MR) is 130 cm³/mol. The zero-order valence-corrected chi connectivity index (χ0v) is 18.4. The molecule has 0 saturated carbocycles. The van der Waals surface area contributed by atoms with Crippen LogP contribution in [0.25, 0.3) is 0 Å². The fourth-order valence-electron chi connectivity index (χ4n) is 3.66. The highest BCUT2D eigenvalue weighted by Gasteiger charge is 2.16. The Morgan fingerprint density at radius 1 is 1.19 bits per heavy atom. The van der Waals surface area contributed by atoms with Gasteiger partial charge in [0.1, 0.15) is 5.84 Å². The lowest BCUT2D eigenvalue weighted by Gasteiger charge is -2.12. The molecule has 0 bridgehead atoms. The molecule has 0 spiro atoms. The summed E-state index contributed by atoms with van der Waals surface area (Å²) in [6.45, 7) is 2.30. The Bertz CT molecular complexity index is 1080. The molecule has 6 nitrogen and oxygen atoms in total. The van der Waals surface area contributed by atoms with Crippen molar-refractivity contribution >= 4 is 40.1 Å². The Morgan fingerprint density at radius 2 is 2.10 bits per heavy atom. The van der Waals surface area contributed by atoms with Gasteiger partial charge in [0.15, 0.2) is 0 Å². The summed E-state index contributed by atoms with van der Waals surface area (Å²) in [7, 11) is 2.09. The molecule has 0 radical (unpaired) electrons. The van der Waals surface area contributed by atoms with Crippen molar-refractivity contribution in [2.75, 3.05) is 30.4 Å². The normalized spacial score (nSPS) is 13.3. The number of carbonyl (C=O) groups excluding carboxylic acids is 1. The maximum absolute atomic E-state index is 12.3. The number of rotatable bonds is 8. The van der Waals surface area contributed by atoms with Crippen molar-refractivity contribution in [1.29, 1.82) is 0 Å². The van der Waals surface area contributed by atoms with Crippen LogP contribution in [0.4, 0.5) is 17.1 Å². The number of amidine groups is 1. The maximum Gasteiger partial charge on any atom is 0.225 e. The summed E-state index contributed by atoms with van der Waals surface area (Å²) in [5.41, 5.74) is 11.4. The lowest BCUT2D eigenvalue weighted by Crippen LogP contribution is -2.21. The molecule has 4 rings (SSSR count). The minimum Gasteiger partial charge on any atom is -0.383 e. The number of nitrogens with two attached hydrogens (primary N) is 1. The van der Waals surface area contributed by atoms with Gasteiger partial charge in [-0.05, 0) is 59.3 Å². The Hall–Kier alpha value is -3.16. The van der Waals surface area contributed by atoms with Crippen LogP contribution in [0.3, 0.4) is 0 Å². The van der Waals surface area contributed by atoms with E-state index in [0.29, 0.717) is 25.3 Å². The third-order valence-electron chi connectivity index (χ3n) is 5.28. The summed E-state index contributed by atoms with van der Waals surface area (Å²) in [6, 6.07) is 18.0. The number of aliphatic imine (C=N–C) groups is 1. The molecule has 0 aliphatic carbocycles. The molecule has 0 fully saturated rings. The number of amides is 1. The SMILES string of the molecule is CN1CCc2cc(NC(=O)CCNCc3cccc(N=C(N)c4cccs4)c3)ccc21. The summed E-state index contributed by atoms with van der Waals surface area (Å²) in [5, 5.41) is 8.31. The summed E-state index contributed by atoms with van der Waals surface area (Å²) in [6.07, 6.45) is 1.44. The molecular formula is C24H27N5OS. The lowest BCUT2D eigenvalue weighted by molar-refractivity contribution is -0.116. The van der Waals surface area contributed by atoms with Gasteiger partial charge in [-0.15, -0.1) is 11.3 Å². The average Bonchev–Trinajstić information content (AvgIpc) is 3.42. The predicted octanol–water partition coefficient (Wildman–Crippen LogP) is 3.90. The molecule has 1 aliphatic heterocycles. The van der Waals surface area contributed by atoms with Crippen molar-refractivity contribution in [2.24, 2.45) is 10.7 Å². The Kier molecular flexibility index (Phi) is 6.64. The molecule has 4 N–H and O–H groups in total. The van der Waals surface area contributed by atoms with E-state index in [1.54, 1.807) is 11.3 Å². The summed E-state index contributed by atoms with van der Waals surface area (Å²) in [4.78, 5) is 20.0. The Morgan fingerprint density at radius 3 is 2.94 bits per heavy atom. The number of likely N-dealkylation sites (N-methyl/N-ethyl adjacent to an activating group) is 1. The van der Waals surface area contributed by atoms with Crippen LogP contribution >= 0.6 is 11.3 Å². The molecular weight excluding hydrogens is 406 g/mol. The number of nitrogens with one attached hydrogen (secondary N) is 2. The van der Waals surface area contributed by atoms with Crippen LogP contribution in [-0.4, -0.2) is 31.9 Å². The van der Waals surface area contributed by atoms with E-state index in [0.717, 1.165) is 34.8 Å². The number of hydrogen-bond acceptors (Lipinski definition) is 5. The van der Waals surface area contributed by atoms with Gasteiger partial charge in [-0.25, -0.2) is 4.99 Å². The molecule has 31 heavy (non-hydrogen) atoms. The van der Waals surface area contributed by atoms with E-state index in [4.69, 9.17) is 5.73 Å². The van der Waals surface area contributed by atoms with E-state index < -0.39 is 0 Å². The molecule has 0 atom stereocenters. The van der Waals surface area contributed by atoms with E-state index >= 15 is 0 Å². The molecule has 2 aromatic carbocycles. The van der Waals surface area contributed by atoms with Gasteiger partial charge in [0, 0.05) is 44.5 Å². The van der Waals surface area contributed by atoms with Crippen molar-refractivity contribution in [1.82, 2.24) is 5.32 Å². The second-order valence-electron chi connectivity index (χ2n) is 7.63. The van der Waals surface area contributed by atoms with E-state index in [-0.39, 0.29) is 5.91 Å². The number of carbonyl (C=O) groups is 1. The third-order valence-corrected chi connectivity index (χ3v) is 6.18. The van der Waals surface area contributed by atoms with Gasteiger partial charge in [-0.3, -0.25) is 4.79 Å². The van der Waals surface area contributed by atoms with Gasteiger partial charge in [-0.1, -0.05) is 18.2 Å². The van der Waals surface area contributed by atoms with E-state index in [1.807, 2.05) is 47.8 Å². The topological polar surface area (TPSA) is 82.8 Å². The van der Waals surface area contributed by atoms with Gasteiger partial charge in [0.2, 0.25) is 5.91 Å². The van der Waals surface area contributed by atoms with Crippen LogP contribution < -0.4 is 21.3 Å². The Labute approximate surface area is 186 Å². The van der Waals surface area contributed by atoms with Crippen LogP contribution in [0.15, 0.2) is 65.0 Å². The zero-order valence-electron chi connectivity index (χ0n) is 17.6. The summed E-state index contributed by atoms with van der Waals surface area (Å²) >= 11 is 1.57. The second-order valence-corrected chi connectivity index (χ2v) is 8.58. The maximum atomic E-state index is 12.3. The molecule has 1 amide bonds. The molecule has 2 heterocycles. The highest BCUT2D eigenvalue weighted by atomic mass is 32.1. The lowest BCUT2D eigenvalue weighted by atomic mass is 10.1. The monoisotopic (exact) mass is 433 g/mol. The van der Waals surface area contributed by atoms with Gasteiger partial charge < -0.3 is 21.3 Å². The summed E-state index contributed by atoms with van der Waals surface area (Å²) < 4.78 is 0. The van der Waals surface area contributed by atoms with Crippen LogP contribution in [0.2, 0.25) is 0 Å². The van der Waals surface area contributed by atoms with Crippen LogP contribution in [-0.2, 0) is 17.8 Å². The molecule has 160 valence electrons. The first-order chi connectivity index (χ1) is 15.1. The van der Waals surface area contributed by atoms with E-state index in [2.05, 4.69) is 39.7 Å². The van der Waals surface area contributed by atoms with Crippen LogP contribution in [0.1, 0.15) is 22.4 Å². The average molecular weight is 434 g/mol. The fraction of sp³-hybridized carbons (Fsp3) is 0.250. The number of benzene rings is 2. The largest absolute Gasteiger partial charge is 0.383 e. The van der Waals surface area contributed by atoms with Crippen molar-refractivity contribution in [2.45, 2.75) is 19.4 Å². The highest BCUT2D eigenvalue weighted by Crippen LogP contribution is 2.29. The molecule has 7 heteroatoms. The standard InChI is InChI=1S/C24H27N5OS/c1-29-12-10-18-15-20(7-8-21(18)29)27-23(30)9-11-26-16-17-4-2-5-19(14-17)28-24(25)22-6-3-13-31-22/h2-8,13-15,26H,9-12,16H2,1H3,(H2,25,28)(H,27,30). The molecule has 1 aliphatic rings. The first-order valence-corrected chi connectivity index (χ1v) is 11.3. The van der Waals surface area contributed by atoms with Crippen LogP contribution in [0.5, 0.6) is 0 Å². The summed E-state index contributed by atoms with van der Waals surface area (Å²) in [5.74, 6) is 0.538. The molecule has 0 saturated heterocycles. The fourth-order valence-corrected chi connectivity index (χ4v) is 4.28. The minimum absolute atomic E-state index is 0.0147. The Balaban J connectivity index is 1.24. The molecule has 0 unspecified atom stereocenters. The van der Waals surface area contributed by atoms with Crippen molar-refractivity contribution < 1.29 is 4.79 Å². The number of fused-ring (bicyclic) bond motifs is 1. The van der Waals surface area contributed by atoms with E-state index in [1.165, 1.54) is 11.3 Å². The van der Waals surface area contributed by atoms with Gasteiger partial charge in [0.05, 0.1) is 10.6 Å². The van der Waals surface area contributed by atoms with Crippen molar-refractivity contribution in [3.05, 3.63) is 76.0 Å². The number of nitrogens with zero attached hydrogens (tertiary/aromatic N) is 2. The number of thiophene rings is 1. The van der Waals surface area contributed by atoms with Crippen molar-refractivity contribution in [3.8, 4) is 0 Å². The highest BCUT2D eigenvalue weighted by molar-refractivity contribution is 7.12. The second kappa shape index (κ2) is 9.76.